The quantitative estimate of drug-likeness (QED) is 0.519. The number of ether oxygens (including phenoxy) is 1. The first-order valence-corrected chi connectivity index (χ1v) is 5.59. The minimum absolute atomic E-state index is 0.0669. The van der Waals surface area contributed by atoms with Crippen molar-refractivity contribution in [1.29, 1.82) is 0 Å². The Kier molecular flexibility index (Phi) is 2.44. The van der Waals surface area contributed by atoms with Crippen LogP contribution in [0.3, 0.4) is 0 Å². The molecule has 0 unspecified atom stereocenters. The summed E-state index contributed by atoms with van der Waals surface area (Å²) >= 11 is 0. The smallest absolute Gasteiger partial charge is 0.319 e. The molecule has 4 heteroatoms. The number of hydrogen-bond acceptors (Lipinski definition) is 3. The zero-order valence-corrected chi connectivity index (χ0v) is 8.99. The van der Waals surface area contributed by atoms with E-state index in [0.29, 0.717) is 0 Å². The maximum atomic E-state index is 11.6. The fourth-order valence-corrected chi connectivity index (χ4v) is 2.93. The van der Waals surface area contributed by atoms with Crippen molar-refractivity contribution in [2.45, 2.75) is 44.6 Å². The monoisotopic (exact) mass is 211 g/mol. The van der Waals surface area contributed by atoms with Crippen molar-refractivity contribution in [2.75, 3.05) is 0 Å². The molecule has 2 atom stereocenters. The molecule has 2 fully saturated rings. The Balaban J connectivity index is 2.23. The molecule has 84 valence electrons. The van der Waals surface area contributed by atoms with Gasteiger partial charge in [0.05, 0.1) is 0 Å². The van der Waals surface area contributed by atoms with E-state index in [0.717, 1.165) is 25.7 Å². The molecule has 2 aliphatic rings. The average Bonchev–Trinajstić information content (AvgIpc) is 2.40. The first-order chi connectivity index (χ1) is 7.07. The Bertz CT molecular complexity index is 294. The third-order valence-electron chi connectivity index (χ3n) is 3.89. The van der Waals surface area contributed by atoms with Crippen LogP contribution in [0.4, 0.5) is 0 Å². The largest absolute Gasteiger partial charge is 0.458 e. The van der Waals surface area contributed by atoms with Gasteiger partial charge in [-0.25, -0.2) is 0 Å². The predicted molar refractivity (Wildman–Crippen MR) is 53.8 cm³/mol. The molecular formula is C11H17NO3. The van der Waals surface area contributed by atoms with Gasteiger partial charge in [-0.3, -0.25) is 9.59 Å². The summed E-state index contributed by atoms with van der Waals surface area (Å²) in [5.74, 6) is -1.77. The molecule has 1 spiro atoms. The highest BCUT2D eigenvalue weighted by Crippen LogP contribution is 2.46. The van der Waals surface area contributed by atoms with Crippen LogP contribution < -0.4 is 5.73 Å². The zero-order chi connectivity index (χ0) is 11.1. The number of carbonyl (C=O) groups excluding carboxylic acids is 2. The molecule has 1 amide bonds. The lowest BCUT2D eigenvalue weighted by atomic mass is 9.73. The Morgan fingerprint density at radius 3 is 2.47 bits per heavy atom. The number of primary amides is 1. The van der Waals surface area contributed by atoms with E-state index in [1.807, 2.05) is 6.92 Å². The van der Waals surface area contributed by atoms with Crippen LogP contribution in [0.5, 0.6) is 0 Å². The summed E-state index contributed by atoms with van der Waals surface area (Å²) in [7, 11) is 0. The van der Waals surface area contributed by atoms with Gasteiger partial charge in [0.25, 0.3) is 0 Å². The predicted octanol–water partition coefficient (Wildman–Crippen LogP) is 0.984. The van der Waals surface area contributed by atoms with Crippen molar-refractivity contribution in [1.82, 2.24) is 0 Å². The van der Waals surface area contributed by atoms with E-state index in [2.05, 4.69) is 0 Å². The van der Waals surface area contributed by atoms with Crippen molar-refractivity contribution >= 4 is 11.9 Å². The van der Waals surface area contributed by atoms with Crippen LogP contribution in [-0.4, -0.2) is 17.5 Å². The van der Waals surface area contributed by atoms with Gasteiger partial charge >= 0.3 is 5.97 Å². The van der Waals surface area contributed by atoms with Gasteiger partial charge in [0.1, 0.15) is 11.5 Å². The molecule has 1 heterocycles. The van der Waals surface area contributed by atoms with Gasteiger partial charge < -0.3 is 10.5 Å². The third-order valence-corrected chi connectivity index (χ3v) is 3.89. The summed E-state index contributed by atoms with van der Waals surface area (Å²) in [4.78, 5) is 22.7. The highest BCUT2D eigenvalue weighted by Gasteiger charge is 2.55. The Hall–Kier alpha value is -1.06. The van der Waals surface area contributed by atoms with E-state index in [1.54, 1.807) is 0 Å². The highest BCUT2D eigenvalue weighted by atomic mass is 16.6. The molecule has 1 saturated heterocycles. The summed E-state index contributed by atoms with van der Waals surface area (Å²) in [6, 6.07) is 0. The van der Waals surface area contributed by atoms with E-state index >= 15 is 0 Å². The fourth-order valence-electron chi connectivity index (χ4n) is 2.93. The summed E-state index contributed by atoms with van der Waals surface area (Å²) in [6.45, 7) is 1.91. The second kappa shape index (κ2) is 3.51. The van der Waals surface area contributed by atoms with Gasteiger partial charge in [-0.15, -0.1) is 0 Å². The summed E-state index contributed by atoms with van der Waals surface area (Å²) < 4.78 is 5.44. The van der Waals surface area contributed by atoms with Gasteiger partial charge in [0.2, 0.25) is 5.91 Å². The van der Waals surface area contributed by atoms with Crippen LogP contribution in [0.1, 0.15) is 39.0 Å². The lowest BCUT2D eigenvalue weighted by molar-refractivity contribution is -0.154. The molecule has 0 aromatic carbocycles. The van der Waals surface area contributed by atoms with Crippen LogP contribution in [0.2, 0.25) is 0 Å². The topological polar surface area (TPSA) is 69.4 Å². The number of nitrogens with two attached hydrogens (primary N) is 1. The lowest BCUT2D eigenvalue weighted by Crippen LogP contribution is -2.39. The van der Waals surface area contributed by atoms with Crippen LogP contribution in [0.25, 0.3) is 0 Å². The van der Waals surface area contributed by atoms with Gasteiger partial charge in [-0.1, -0.05) is 13.3 Å². The van der Waals surface area contributed by atoms with Crippen LogP contribution >= 0.6 is 0 Å². The molecule has 1 aliphatic carbocycles. The molecule has 0 aromatic heterocycles. The maximum absolute atomic E-state index is 11.6. The number of amides is 1. The standard InChI is InChI=1S/C11H17NO3/c1-7-8(9(12)13)10(14)15-11(7)5-3-2-4-6-11/h7-8H,2-6H2,1H3,(H2,12,13)/t7-,8+/m1/s1. The Morgan fingerprint density at radius 2 is 2.00 bits per heavy atom. The van der Waals surface area contributed by atoms with Crippen molar-refractivity contribution in [3.05, 3.63) is 0 Å². The van der Waals surface area contributed by atoms with Gasteiger partial charge in [0.15, 0.2) is 0 Å². The molecular weight excluding hydrogens is 194 g/mol. The second-order valence-electron chi connectivity index (χ2n) is 4.72. The maximum Gasteiger partial charge on any atom is 0.319 e. The number of carbonyl (C=O) groups is 2. The molecule has 1 aliphatic heterocycles. The Morgan fingerprint density at radius 1 is 1.40 bits per heavy atom. The molecule has 4 nitrogen and oxygen atoms in total. The number of esters is 1. The minimum atomic E-state index is -0.733. The van der Waals surface area contributed by atoms with E-state index in [9.17, 15) is 9.59 Å². The van der Waals surface area contributed by atoms with Crippen molar-refractivity contribution in [2.24, 2.45) is 17.6 Å². The lowest BCUT2D eigenvalue weighted by Gasteiger charge is -2.35. The second-order valence-corrected chi connectivity index (χ2v) is 4.72. The molecule has 2 N–H and O–H groups in total. The Labute approximate surface area is 89.2 Å². The third kappa shape index (κ3) is 1.52. The highest BCUT2D eigenvalue weighted by molar-refractivity contribution is 5.99. The summed E-state index contributed by atoms with van der Waals surface area (Å²) in [6.07, 6.45) is 5.09. The number of hydrogen-bond donors (Lipinski definition) is 1. The van der Waals surface area contributed by atoms with Gasteiger partial charge in [0, 0.05) is 5.92 Å². The normalized spacial score (nSPS) is 34.1. The van der Waals surface area contributed by atoms with Gasteiger partial charge in [-0.2, -0.15) is 0 Å². The molecule has 15 heavy (non-hydrogen) atoms. The van der Waals surface area contributed by atoms with Crippen molar-refractivity contribution in [3.63, 3.8) is 0 Å². The van der Waals surface area contributed by atoms with Crippen LogP contribution in [0.15, 0.2) is 0 Å². The molecule has 0 aromatic rings. The zero-order valence-electron chi connectivity index (χ0n) is 8.99. The van der Waals surface area contributed by atoms with Gasteiger partial charge in [-0.05, 0) is 25.7 Å². The summed E-state index contributed by atoms with van der Waals surface area (Å²) in [5, 5.41) is 0. The van der Waals surface area contributed by atoms with Crippen molar-refractivity contribution in [3.8, 4) is 0 Å². The number of rotatable bonds is 1. The fraction of sp³-hybridized carbons (Fsp3) is 0.818. The first-order valence-electron chi connectivity index (χ1n) is 5.59. The average molecular weight is 211 g/mol. The van der Waals surface area contributed by atoms with E-state index in [4.69, 9.17) is 10.5 Å². The van der Waals surface area contributed by atoms with E-state index in [-0.39, 0.29) is 5.92 Å². The molecule has 2 rings (SSSR count). The minimum Gasteiger partial charge on any atom is -0.458 e. The molecule has 0 bridgehead atoms. The van der Waals surface area contributed by atoms with E-state index in [1.165, 1.54) is 6.42 Å². The summed E-state index contributed by atoms with van der Waals surface area (Å²) in [5.41, 5.74) is 4.83. The van der Waals surface area contributed by atoms with Crippen LogP contribution in [-0.2, 0) is 14.3 Å². The molecule has 1 saturated carbocycles. The van der Waals surface area contributed by atoms with E-state index < -0.39 is 23.4 Å². The molecule has 0 radical (unpaired) electrons. The first kappa shape index (κ1) is 10.5. The van der Waals surface area contributed by atoms with Crippen LogP contribution in [0, 0.1) is 11.8 Å². The SMILES string of the molecule is C[C@@H]1[C@@H](C(N)=O)C(=O)OC12CCCCC2. The van der Waals surface area contributed by atoms with Crippen molar-refractivity contribution < 1.29 is 14.3 Å².